The molecule has 4 rings (SSSR count). The summed E-state index contributed by atoms with van der Waals surface area (Å²) in [6, 6.07) is 8.53. The number of nitrogen functional groups attached to an aromatic ring is 1. The monoisotopic (exact) mass is 481 g/mol. The van der Waals surface area contributed by atoms with E-state index in [4.69, 9.17) is 10.5 Å². The molecule has 2 aromatic rings. The summed E-state index contributed by atoms with van der Waals surface area (Å²) in [4.78, 5) is 37.2. The van der Waals surface area contributed by atoms with Crippen LogP contribution in [0.15, 0.2) is 29.4 Å². The van der Waals surface area contributed by atoms with Gasteiger partial charge in [-0.25, -0.2) is 0 Å². The Labute approximate surface area is 206 Å². The molecule has 0 amide bonds. The van der Waals surface area contributed by atoms with Crippen LogP contribution in [-0.4, -0.2) is 53.1 Å². The van der Waals surface area contributed by atoms with Crippen molar-refractivity contribution < 1.29 is 9.53 Å². The van der Waals surface area contributed by atoms with Crippen LogP contribution < -0.4 is 16.0 Å². The van der Waals surface area contributed by atoms with Gasteiger partial charge in [0.1, 0.15) is 6.54 Å². The van der Waals surface area contributed by atoms with Crippen molar-refractivity contribution in [2.75, 3.05) is 42.2 Å². The Morgan fingerprint density at radius 2 is 1.94 bits per heavy atom. The van der Waals surface area contributed by atoms with Crippen LogP contribution in [0.4, 0.5) is 23.3 Å². The second-order valence-corrected chi connectivity index (χ2v) is 9.29. The molecule has 0 atom stereocenters. The Morgan fingerprint density at radius 1 is 1.20 bits per heavy atom. The van der Waals surface area contributed by atoms with Gasteiger partial charge in [0.15, 0.2) is 17.3 Å². The molecule has 1 aromatic carbocycles. The minimum Gasteiger partial charge on any atom is -0.465 e. The van der Waals surface area contributed by atoms with Crippen LogP contribution in [0.2, 0.25) is 0 Å². The minimum atomic E-state index is -0.417. The van der Waals surface area contributed by atoms with Gasteiger partial charge in [-0.2, -0.15) is 9.97 Å². The molecule has 3 N–H and O–H groups in total. The van der Waals surface area contributed by atoms with Crippen LogP contribution in [0.1, 0.15) is 56.6 Å². The predicted octanol–water partition coefficient (Wildman–Crippen LogP) is 3.98. The maximum absolute atomic E-state index is 12.5. The third-order valence-electron chi connectivity index (χ3n) is 6.57. The number of esters is 1. The quantitative estimate of drug-likeness (QED) is 0.362. The van der Waals surface area contributed by atoms with Crippen molar-refractivity contribution >= 4 is 29.2 Å². The number of likely N-dealkylation sites (tertiary alicyclic amines) is 1. The van der Waals surface area contributed by atoms with E-state index in [0.29, 0.717) is 12.5 Å². The van der Waals surface area contributed by atoms with Crippen LogP contribution in [0.25, 0.3) is 0 Å². The normalized spacial score (nSPS) is 16.4. The van der Waals surface area contributed by atoms with Gasteiger partial charge in [-0.05, 0) is 62.0 Å². The van der Waals surface area contributed by atoms with Crippen LogP contribution in [0.5, 0.6) is 0 Å². The maximum Gasteiger partial charge on any atom is 0.325 e. The minimum absolute atomic E-state index is 0.0119. The Morgan fingerprint density at radius 3 is 2.66 bits per heavy atom. The third kappa shape index (κ3) is 6.66. The standard InChI is InChI=1S/C25H35N7O3/c1-2-35-21(33)17-32(16-19-9-7-8-18(14-19)15-31-12-5-6-13-31)24-22(30-34)23(26)28-25(29-24)27-20-10-3-4-11-20/h7-9,14,20H,2-6,10-13,15-17H2,1H3,(H3,26,27,28,29). The second kappa shape index (κ2) is 11.9. The number of nitrogens with zero attached hydrogens (tertiary/aromatic N) is 5. The van der Waals surface area contributed by atoms with Crippen molar-refractivity contribution in [2.45, 2.75) is 64.6 Å². The van der Waals surface area contributed by atoms with Crippen LogP contribution in [0.3, 0.4) is 0 Å². The highest BCUT2D eigenvalue weighted by atomic mass is 16.5. The zero-order valence-corrected chi connectivity index (χ0v) is 20.4. The number of benzene rings is 1. The zero-order valence-electron chi connectivity index (χ0n) is 20.4. The van der Waals surface area contributed by atoms with Gasteiger partial charge < -0.3 is 20.7 Å². The first-order valence-corrected chi connectivity index (χ1v) is 12.5. The Balaban J connectivity index is 1.62. The molecular weight excluding hydrogens is 446 g/mol. The van der Waals surface area contributed by atoms with E-state index in [1.807, 2.05) is 12.1 Å². The van der Waals surface area contributed by atoms with Gasteiger partial charge in [-0.3, -0.25) is 9.69 Å². The summed E-state index contributed by atoms with van der Waals surface area (Å²) in [5, 5.41) is 6.44. The average molecular weight is 482 g/mol. The SMILES string of the molecule is CCOC(=O)CN(Cc1cccc(CN2CCCC2)c1)c1nc(NC2CCCC2)nc(N)c1N=O. The number of hydrogen-bond acceptors (Lipinski definition) is 10. The fourth-order valence-electron chi connectivity index (χ4n) is 4.90. The molecule has 1 aromatic heterocycles. The largest absolute Gasteiger partial charge is 0.465 e. The van der Waals surface area contributed by atoms with Crippen LogP contribution >= 0.6 is 0 Å². The van der Waals surface area contributed by atoms with Crippen molar-refractivity contribution in [2.24, 2.45) is 5.18 Å². The average Bonchev–Trinajstić information content (AvgIpc) is 3.53. The van der Waals surface area contributed by atoms with Gasteiger partial charge in [0.25, 0.3) is 0 Å². The van der Waals surface area contributed by atoms with Crippen molar-refractivity contribution in [3.05, 3.63) is 40.3 Å². The summed E-state index contributed by atoms with van der Waals surface area (Å²) in [6.45, 7) is 5.39. The topological polar surface area (TPSA) is 126 Å². The summed E-state index contributed by atoms with van der Waals surface area (Å²) in [6.07, 6.45) is 6.83. The molecule has 2 heterocycles. The second-order valence-electron chi connectivity index (χ2n) is 9.29. The summed E-state index contributed by atoms with van der Waals surface area (Å²) in [7, 11) is 0. The van der Waals surface area contributed by atoms with E-state index < -0.39 is 5.97 Å². The number of aromatic nitrogens is 2. The highest BCUT2D eigenvalue weighted by Crippen LogP contribution is 2.34. The van der Waals surface area contributed by atoms with E-state index in [1.54, 1.807) is 11.8 Å². The Kier molecular flexibility index (Phi) is 8.46. The highest BCUT2D eigenvalue weighted by molar-refractivity contribution is 5.80. The smallest absolute Gasteiger partial charge is 0.325 e. The molecule has 0 radical (unpaired) electrons. The molecule has 10 nitrogen and oxygen atoms in total. The number of nitrogens with one attached hydrogen (secondary N) is 1. The molecule has 0 bridgehead atoms. The molecule has 1 saturated heterocycles. The lowest BCUT2D eigenvalue weighted by Crippen LogP contribution is -2.32. The fraction of sp³-hybridized carbons (Fsp3) is 0.560. The highest BCUT2D eigenvalue weighted by Gasteiger charge is 2.24. The third-order valence-corrected chi connectivity index (χ3v) is 6.57. The summed E-state index contributed by atoms with van der Waals surface area (Å²) in [5.41, 5.74) is 8.24. The van der Waals surface area contributed by atoms with Crippen LogP contribution in [-0.2, 0) is 22.6 Å². The first-order chi connectivity index (χ1) is 17.1. The van der Waals surface area contributed by atoms with Crippen molar-refractivity contribution in [3.8, 4) is 0 Å². The van der Waals surface area contributed by atoms with Crippen molar-refractivity contribution in [1.29, 1.82) is 0 Å². The van der Waals surface area contributed by atoms with Gasteiger partial charge >= 0.3 is 5.97 Å². The summed E-state index contributed by atoms with van der Waals surface area (Å²) >= 11 is 0. The number of rotatable bonds is 11. The number of ether oxygens (including phenoxy) is 1. The van der Waals surface area contributed by atoms with Gasteiger partial charge in [0.05, 0.1) is 6.61 Å². The molecule has 0 spiro atoms. The molecule has 35 heavy (non-hydrogen) atoms. The Hall–Kier alpha value is -3.27. The molecule has 1 saturated carbocycles. The molecule has 1 aliphatic heterocycles. The van der Waals surface area contributed by atoms with E-state index in [0.717, 1.165) is 50.9 Å². The molecule has 188 valence electrons. The molecule has 2 fully saturated rings. The fourth-order valence-corrected chi connectivity index (χ4v) is 4.90. The van der Waals surface area contributed by atoms with E-state index >= 15 is 0 Å². The van der Waals surface area contributed by atoms with Crippen LogP contribution in [0, 0.1) is 4.91 Å². The number of nitrogens with two attached hydrogens (primary N) is 1. The van der Waals surface area contributed by atoms with E-state index in [-0.39, 0.29) is 36.5 Å². The molecule has 10 heteroatoms. The number of anilines is 3. The number of nitroso groups, excluding NO2 is 1. The summed E-state index contributed by atoms with van der Waals surface area (Å²) in [5.74, 6) is 0.140. The molecule has 0 unspecified atom stereocenters. The van der Waals surface area contributed by atoms with Gasteiger partial charge in [-0.15, -0.1) is 4.91 Å². The van der Waals surface area contributed by atoms with Gasteiger partial charge in [-0.1, -0.05) is 37.1 Å². The molecule has 1 aliphatic carbocycles. The van der Waals surface area contributed by atoms with E-state index in [2.05, 4.69) is 37.5 Å². The zero-order chi connectivity index (χ0) is 24.6. The molecular formula is C25H35N7O3. The number of carbonyl (C=O) groups excluding carboxylic acids is 1. The maximum atomic E-state index is 12.5. The van der Waals surface area contributed by atoms with Gasteiger partial charge in [0.2, 0.25) is 5.95 Å². The predicted molar refractivity (Wildman–Crippen MR) is 136 cm³/mol. The first-order valence-electron chi connectivity index (χ1n) is 12.5. The van der Waals surface area contributed by atoms with Crippen molar-refractivity contribution in [1.82, 2.24) is 14.9 Å². The molecule has 2 aliphatic rings. The number of carbonyl (C=O) groups is 1. The first kappa shape index (κ1) is 24.8. The number of hydrogen-bond donors (Lipinski definition) is 2. The van der Waals surface area contributed by atoms with Crippen molar-refractivity contribution in [3.63, 3.8) is 0 Å². The lowest BCUT2D eigenvalue weighted by molar-refractivity contribution is -0.141. The summed E-state index contributed by atoms with van der Waals surface area (Å²) < 4.78 is 5.20. The van der Waals surface area contributed by atoms with Gasteiger partial charge in [0, 0.05) is 19.1 Å². The Bertz CT molecular complexity index is 1020. The van der Waals surface area contributed by atoms with E-state index in [9.17, 15) is 9.70 Å². The lowest BCUT2D eigenvalue weighted by Gasteiger charge is -2.25. The van der Waals surface area contributed by atoms with E-state index in [1.165, 1.54) is 18.4 Å². The lowest BCUT2D eigenvalue weighted by atomic mass is 10.1.